The number of amides is 1. The van der Waals surface area contributed by atoms with Gasteiger partial charge in [0.1, 0.15) is 0 Å². The Morgan fingerprint density at radius 2 is 1.32 bits per heavy atom. The summed E-state index contributed by atoms with van der Waals surface area (Å²) < 4.78 is 5.55. The van der Waals surface area contributed by atoms with Crippen molar-refractivity contribution in [2.75, 3.05) is 14.1 Å². The van der Waals surface area contributed by atoms with E-state index in [4.69, 9.17) is 4.74 Å². The Morgan fingerprint density at radius 3 is 1.89 bits per heavy atom. The van der Waals surface area contributed by atoms with E-state index in [1.807, 2.05) is 72.8 Å². The topological polar surface area (TPSA) is 46.6 Å². The van der Waals surface area contributed by atoms with Crippen LogP contribution < -0.4 is 0 Å². The van der Waals surface area contributed by atoms with Crippen molar-refractivity contribution in [3.63, 3.8) is 0 Å². The third kappa shape index (κ3) is 4.86. The van der Waals surface area contributed by atoms with Crippen LogP contribution in [0.4, 0.5) is 0 Å². The third-order valence-electron chi connectivity index (χ3n) is 4.43. The average molecular weight is 373 g/mol. The van der Waals surface area contributed by atoms with E-state index in [1.165, 1.54) is 4.90 Å². The van der Waals surface area contributed by atoms with Crippen molar-refractivity contribution in [1.82, 2.24) is 4.90 Å². The molecule has 0 bridgehead atoms. The molecule has 0 aromatic heterocycles. The molecule has 1 amide bonds. The van der Waals surface area contributed by atoms with Crippen LogP contribution in [0.5, 0.6) is 0 Å². The van der Waals surface area contributed by atoms with Gasteiger partial charge in [0.05, 0.1) is 6.42 Å². The SMILES string of the molecule is CN(C)C(=O)[C@H](OC(=O)Cc1ccc(-c2ccccc2)cc1)c1ccccc1. The van der Waals surface area contributed by atoms with E-state index in [0.717, 1.165) is 16.7 Å². The smallest absolute Gasteiger partial charge is 0.311 e. The van der Waals surface area contributed by atoms with Gasteiger partial charge in [-0.2, -0.15) is 0 Å². The molecule has 3 rings (SSSR count). The average Bonchev–Trinajstić information content (AvgIpc) is 2.73. The highest BCUT2D eigenvalue weighted by molar-refractivity contribution is 5.85. The molecule has 0 N–H and O–H groups in total. The monoisotopic (exact) mass is 373 g/mol. The van der Waals surface area contributed by atoms with E-state index in [0.29, 0.717) is 5.56 Å². The molecule has 4 heteroatoms. The molecule has 1 atom stereocenters. The van der Waals surface area contributed by atoms with Crippen LogP contribution in [0.15, 0.2) is 84.9 Å². The molecular weight excluding hydrogens is 350 g/mol. The minimum Gasteiger partial charge on any atom is -0.447 e. The lowest BCUT2D eigenvalue weighted by atomic mass is 10.0. The highest BCUT2D eigenvalue weighted by atomic mass is 16.5. The van der Waals surface area contributed by atoms with Crippen molar-refractivity contribution in [1.29, 1.82) is 0 Å². The van der Waals surface area contributed by atoms with E-state index in [-0.39, 0.29) is 12.3 Å². The molecule has 0 saturated heterocycles. The summed E-state index contributed by atoms with van der Waals surface area (Å²) in [4.78, 5) is 26.4. The predicted molar refractivity (Wildman–Crippen MR) is 110 cm³/mol. The molecule has 142 valence electrons. The fraction of sp³-hybridized carbons (Fsp3) is 0.167. The second-order valence-electron chi connectivity index (χ2n) is 6.75. The molecule has 0 spiro atoms. The number of ether oxygens (including phenoxy) is 1. The molecule has 4 nitrogen and oxygen atoms in total. The Kier molecular flexibility index (Phi) is 6.22. The summed E-state index contributed by atoms with van der Waals surface area (Å²) in [5, 5.41) is 0. The van der Waals surface area contributed by atoms with Gasteiger partial charge in [-0.1, -0.05) is 84.9 Å². The van der Waals surface area contributed by atoms with E-state index < -0.39 is 12.1 Å². The van der Waals surface area contributed by atoms with Crippen LogP contribution in [-0.2, 0) is 20.7 Å². The first kappa shape index (κ1) is 19.4. The number of carbonyl (C=O) groups is 2. The van der Waals surface area contributed by atoms with Gasteiger partial charge in [-0.25, -0.2) is 0 Å². The molecule has 0 aliphatic heterocycles. The van der Waals surface area contributed by atoms with Gasteiger partial charge >= 0.3 is 5.97 Å². The summed E-state index contributed by atoms with van der Waals surface area (Å²) in [7, 11) is 3.29. The maximum absolute atomic E-state index is 12.5. The molecule has 3 aromatic carbocycles. The zero-order valence-electron chi connectivity index (χ0n) is 16.0. The van der Waals surface area contributed by atoms with Crippen molar-refractivity contribution in [3.8, 4) is 11.1 Å². The van der Waals surface area contributed by atoms with Crippen LogP contribution in [0.3, 0.4) is 0 Å². The van der Waals surface area contributed by atoms with Gasteiger partial charge in [0.25, 0.3) is 5.91 Å². The van der Waals surface area contributed by atoms with Gasteiger partial charge in [0.15, 0.2) is 0 Å². The summed E-state index contributed by atoms with van der Waals surface area (Å²) in [6.07, 6.45) is -0.827. The molecule has 0 radical (unpaired) electrons. The maximum atomic E-state index is 12.5. The first-order valence-electron chi connectivity index (χ1n) is 9.14. The van der Waals surface area contributed by atoms with E-state index in [2.05, 4.69) is 0 Å². The van der Waals surface area contributed by atoms with Crippen molar-refractivity contribution in [3.05, 3.63) is 96.1 Å². The molecule has 0 unspecified atom stereocenters. The van der Waals surface area contributed by atoms with Gasteiger partial charge in [-0.05, 0) is 16.7 Å². The highest BCUT2D eigenvalue weighted by Crippen LogP contribution is 2.22. The van der Waals surface area contributed by atoms with E-state index in [9.17, 15) is 9.59 Å². The van der Waals surface area contributed by atoms with Crippen LogP contribution in [0, 0.1) is 0 Å². The van der Waals surface area contributed by atoms with Crippen LogP contribution in [0.25, 0.3) is 11.1 Å². The quantitative estimate of drug-likeness (QED) is 0.606. The van der Waals surface area contributed by atoms with Crippen molar-refractivity contribution < 1.29 is 14.3 Å². The van der Waals surface area contributed by atoms with Crippen molar-refractivity contribution in [2.24, 2.45) is 0 Å². The Balaban J connectivity index is 1.70. The first-order valence-corrected chi connectivity index (χ1v) is 9.14. The third-order valence-corrected chi connectivity index (χ3v) is 4.43. The molecule has 0 saturated carbocycles. The molecule has 28 heavy (non-hydrogen) atoms. The van der Waals surface area contributed by atoms with Gasteiger partial charge in [0, 0.05) is 19.7 Å². The Morgan fingerprint density at radius 1 is 0.786 bits per heavy atom. The lowest BCUT2D eigenvalue weighted by molar-refractivity contribution is -0.159. The molecule has 0 aliphatic carbocycles. The van der Waals surface area contributed by atoms with Crippen molar-refractivity contribution >= 4 is 11.9 Å². The summed E-state index contributed by atoms with van der Waals surface area (Å²) in [5.74, 6) is -0.699. The predicted octanol–water partition coefficient (Wildman–Crippen LogP) is 4.27. The van der Waals surface area contributed by atoms with Gasteiger partial charge in [-0.15, -0.1) is 0 Å². The number of hydrogen-bond donors (Lipinski definition) is 0. The summed E-state index contributed by atoms with van der Waals surface area (Å²) >= 11 is 0. The summed E-state index contributed by atoms with van der Waals surface area (Å²) in [6.45, 7) is 0. The maximum Gasteiger partial charge on any atom is 0.311 e. The number of hydrogen-bond acceptors (Lipinski definition) is 3. The largest absolute Gasteiger partial charge is 0.447 e. The molecule has 0 heterocycles. The molecule has 0 fully saturated rings. The zero-order valence-corrected chi connectivity index (χ0v) is 16.0. The Labute approximate surface area is 165 Å². The number of esters is 1. The van der Waals surface area contributed by atoms with Gasteiger partial charge in [0.2, 0.25) is 6.10 Å². The number of benzene rings is 3. The van der Waals surface area contributed by atoms with Gasteiger partial charge in [-0.3, -0.25) is 9.59 Å². The van der Waals surface area contributed by atoms with Crippen molar-refractivity contribution in [2.45, 2.75) is 12.5 Å². The molecule has 3 aromatic rings. The minimum absolute atomic E-state index is 0.110. The minimum atomic E-state index is -0.938. The Hall–Kier alpha value is -3.40. The lowest BCUT2D eigenvalue weighted by Gasteiger charge is -2.21. The number of nitrogens with zero attached hydrogens (tertiary/aromatic N) is 1. The van der Waals surface area contributed by atoms with E-state index in [1.54, 1.807) is 26.2 Å². The summed E-state index contributed by atoms with van der Waals surface area (Å²) in [5.41, 5.74) is 3.71. The normalized spacial score (nSPS) is 11.5. The van der Waals surface area contributed by atoms with Gasteiger partial charge < -0.3 is 9.64 Å². The fourth-order valence-electron chi connectivity index (χ4n) is 2.91. The molecular formula is C24H23NO3. The van der Waals surface area contributed by atoms with Crippen LogP contribution in [0.2, 0.25) is 0 Å². The number of likely N-dealkylation sites (N-methyl/N-ethyl adjacent to an activating group) is 1. The standard InChI is InChI=1S/C24H23NO3/c1-25(2)24(27)23(21-11-7-4-8-12-21)28-22(26)17-18-13-15-20(16-14-18)19-9-5-3-6-10-19/h3-16,23H,17H2,1-2H3/t23-/m1/s1. The first-order chi connectivity index (χ1) is 13.5. The Bertz CT molecular complexity index is 919. The fourth-order valence-corrected chi connectivity index (χ4v) is 2.91. The van der Waals surface area contributed by atoms with Crippen LogP contribution in [-0.4, -0.2) is 30.9 Å². The van der Waals surface area contributed by atoms with Crippen LogP contribution >= 0.6 is 0 Å². The summed E-state index contributed by atoms with van der Waals surface area (Å²) in [6, 6.07) is 26.9. The second-order valence-corrected chi connectivity index (χ2v) is 6.75. The second kappa shape index (κ2) is 9.00. The lowest BCUT2D eigenvalue weighted by Crippen LogP contribution is -2.31. The zero-order chi connectivity index (χ0) is 19.9. The molecule has 0 aliphatic rings. The number of carbonyl (C=O) groups excluding carboxylic acids is 2. The highest BCUT2D eigenvalue weighted by Gasteiger charge is 2.26. The number of rotatable bonds is 6. The van der Waals surface area contributed by atoms with Crippen LogP contribution in [0.1, 0.15) is 17.2 Å². The van der Waals surface area contributed by atoms with E-state index >= 15 is 0 Å².